The second-order valence-electron chi connectivity index (χ2n) is 7.52. The molecule has 0 bridgehead atoms. The van der Waals surface area contributed by atoms with E-state index in [0.29, 0.717) is 29.9 Å². The summed E-state index contributed by atoms with van der Waals surface area (Å²) >= 11 is 0. The first kappa shape index (κ1) is 19.0. The zero-order valence-corrected chi connectivity index (χ0v) is 16.4. The Balaban J connectivity index is 1.65. The molecule has 1 unspecified atom stereocenters. The maximum atomic E-state index is 13.0. The number of phenols is 1. The maximum absolute atomic E-state index is 13.0. The standard InChI is InChI=1S/C24H19NO6/c26-17-4-1-3-15(12-17)21-20(22(27)16-6-7-19-14(11-16)8-10-31-19)23(28)24(29)25(21)13-18-5-2-9-30-18/h1-7,9,11-12,21,26-27H,8,10,13H2/b22-20-. The van der Waals surface area contributed by atoms with Gasteiger partial charge in [0.15, 0.2) is 0 Å². The Bertz CT molecular complexity index is 1210. The van der Waals surface area contributed by atoms with Crippen LogP contribution in [0.4, 0.5) is 0 Å². The second kappa shape index (κ2) is 7.36. The van der Waals surface area contributed by atoms with Gasteiger partial charge in [-0.25, -0.2) is 0 Å². The van der Waals surface area contributed by atoms with Gasteiger partial charge >= 0.3 is 0 Å². The first-order chi connectivity index (χ1) is 15.0. The summed E-state index contributed by atoms with van der Waals surface area (Å²) in [5.41, 5.74) is 1.85. The maximum Gasteiger partial charge on any atom is 0.296 e. The van der Waals surface area contributed by atoms with Crippen LogP contribution in [0.5, 0.6) is 11.5 Å². The van der Waals surface area contributed by atoms with Crippen LogP contribution >= 0.6 is 0 Å². The molecule has 2 aliphatic rings. The predicted octanol–water partition coefficient (Wildman–Crippen LogP) is 3.54. The number of phenolic OH excluding ortho intramolecular Hbond substituents is 1. The summed E-state index contributed by atoms with van der Waals surface area (Å²) in [6, 6.07) is 14.0. The highest BCUT2D eigenvalue weighted by atomic mass is 16.5. The minimum Gasteiger partial charge on any atom is -0.508 e. The summed E-state index contributed by atoms with van der Waals surface area (Å²) in [6.07, 6.45) is 2.20. The molecule has 0 radical (unpaired) electrons. The third-order valence-electron chi connectivity index (χ3n) is 5.60. The number of likely N-dealkylation sites (tertiary alicyclic amines) is 1. The highest BCUT2D eigenvalue weighted by Gasteiger charge is 2.46. The number of aliphatic hydroxyl groups excluding tert-OH is 1. The molecule has 1 saturated heterocycles. The van der Waals surface area contributed by atoms with Gasteiger partial charge in [-0.3, -0.25) is 9.59 Å². The molecule has 0 spiro atoms. The summed E-state index contributed by atoms with van der Waals surface area (Å²) in [6.45, 7) is 0.614. The van der Waals surface area contributed by atoms with Crippen LogP contribution in [0.25, 0.3) is 5.76 Å². The largest absolute Gasteiger partial charge is 0.508 e. The van der Waals surface area contributed by atoms with E-state index in [2.05, 4.69) is 0 Å². The molecule has 1 amide bonds. The van der Waals surface area contributed by atoms with Crippen molar-refractivity contribution in [2.24, 2.45) is 0 Å². The lowest BCUT2D eigenvalue weighted by Crippen LogP contribution is -2.29. The number of hydrogen-bond acceptors (Lipinski definition) is 6. The van der Waals surface area contributed by atoms with Gasteiger partial charge in [0.1, 0.15) is 23.0 Å². The molecular formula is C24H19NO6. The monoisotopic (exact) mass is 417 g/mol. The lowest BCUT2D eigenvalue weighted by molar-refractivity contribution is -0.140. The van der Waals surface area contributed by atoms with E-state index in [9.17, 15) is 19.8 Å². The molecule has 3 aromatic rings. The molecule has 1 atom stereocenters. The van der Waals surface area contributed by atoms with Crippen LogP contribution < -0.4 is 4.74 Å². The summed E-state index contributed by atoms with van der Waals surface area (Å²) in [7, 11) is 0. The molecule has 7 nitrogen and oxygen atoms in total. The number of fused-ring (bicyclic) bond motifs is 1. The van der Waals surface area contributed by atoms with Crippen molar-refractivity contribution in [3.63, 3.8) is 0 Å². The van der Waals surface area contributed by atoms with Gasteiger partial charge in [-0.1, -0.05) is 12.1 Å². The highest BCUT2D eigenvalue weighted by molar-refractivity contribution is 6.46. The topological polar surface area (TPSA) is 100 Å². The minimum absolute atomic E-state index is 0.00392. The normalized spacial score (nSPS) is 19.5. The summed E-state index contributed by atoms with van der Waals surface area (Å²) < 4.78 is 10.9. The Labute approximate surface area is 177 Å². The molecule has 5 rings (SSSR count). The molecule has 31 heavy (non-hydrogen) atoms. The first-order valence-electron chi connectivity index (χ1n) is 9.89. The van der Waals surface area contributed by atoms with Gasteiger partial charge in [-0.15, -0.1) is 0 Å². The molecule has 156 valence electrons. The number of amides is 1. The molecular weight excluding hydrogens is 398 g/mol. The number of carbonyl (C=O) groups is 2. The number of ketones is 1. The Morgan fingerprint density at radius 1 is 1.10 bits per heavy atom. The van der Waals surface area contributed by atoms with Crippen LogP contribution in [0.3, 0.4) is 0 Å². The lowest BCUT2D eigenvalue weighted by atomic mass is 9.94. The number of aliphatic hydroxyl groups is 1. The van der Waals surface area contributed by atoms with Gasteiger partial charge in [-0.2, -0.15) is 0 Å². The Kier molecular flexibility index (Phi) is 4.51. The fraction of sp³-hybridized carbons (Fsp3) is 0.167. The van der Waals surface area contributed by atoms with Gasteiger partial charge in [0.05, 0.1) is 31.0 Å². The van der Waals surface area contributed by atoms with Crippen molar-refractivity contribution < 1.29 is 29.0 Å². The number of Topliss-reactive ketones (excluding diaryl/α,β-unsaturated/α-hetero) is 1. The minimum atomic E-state index is -0.873. The predicted molar refractivity (Wildman–Crippen MR) is 110 cm³/mol. The Morgan fingerprint density at radius 2 is 1.97 bits per heavy atom. The van der Waals surface area contributed by atoms with E-state index in [4.69, 9.17) is 9.15 Å². The van der Waals surface area contributed by atoms with Gasteiger partial charge in [-0.05, 0) is 53.6 Å². The second-order valence-corrected chi connectivity index (χ2v) is 7.52. The zero-order chi connectivity index (χ0) is 21.5. The van der Waals surface area contributed by atoms with Crippen LogP contribution in [0, 0.1) is 0 Å². The molecule has 1 fully saturated rings. The van der Waals surface area contributed by atoms with Crippen molar-refractivity contribution >= 4 is 17.4 Å². The van der Waals surface area contributed by atoms with Crippen molar-refractivity contribution in [3.8, 4) is 11.5 Å². The van der Waals surface area contributed by atoms with E-state index >= 15 is 0 Å². The third-order valence-corrected chi connectivity index (χ3v) is 5.60. The van der Waals surface area contributed by atoms with E-state index in [0.717, 1.165) is 11.3 Å². The fourth-order valence-corrected chi connectivity index (χ4v) is 4.14. The van der Waals surface area contributed by atoms with Gasteiger partial charge in [0.2, 0.25) is 0 Å². The molecule has 1 aromatic heterocycles. The van der Waals surface area contributed by atoms with Crippen molar-refractivity contribution in [3.05, 3.63) is 88.9 Å². The fourth-order valence-electron chi connectivity index (χ4n) is 4.14. The van der Waals surface area contributed by atoms with Crippen molar-refractivity contribution in [2.45, 2.75) is 19.0 Å². The molecule has 0 aliphatic carbocycles. The van der Waals surface area contributed by atoms with E-state index in [-0.39, 0.29) is 23.6 Å². The van der Waals surface area contributed by atoms with Crippen LogP contribution in [0.15, 0.2) is 70.9 Å². The summed E-state index contributed by atoms with van der Waals surface area (Å²) in [5.74, 6) is -0.537. The van der Waals surface area contributed by atoms with Gasteiger partial charge < -0.3 is 24.3 Å². The Morgan fingerprint density at radius 3 is 2.74 bits per heavy atom. The van der Waals surface area contributed by atoms with E-state index < -0.39 is 17.7 Å². The molecule has 2 N–H and O–H groups in total. The first-order valence-corrected chi connectivity index (χ1v) is 9.89. The van der Waals surface area contributed by atoms with Crippen LogP contribution in [-0.2, 0) is 22.6 Å². The lowest BCUT2D eigenvalue weighted by Gasteiger charge is -2.24. The highest BCUT2D eigenvalue weighted by Crippen LogP contribution is 2.41. The average Bonchev–Trinajstić information content (AvgIpc) is 3.50. The van der Waals surface area contributed by atoms with Crippen molar-refractivity contribution in [2.75, 3.05) is 6.61 Å². The number of hydrogen-bond donors (Lipinski definition) is 2. The number of furan rings is 1. The molecule has 7 heteroatoms. The molecule has 3 heterocycles. The summed E-state index contributed by atoms with van der Waals surface area (Å²) in [4.78, 5) is 27.3. The van der Waals surface area contributed by atoms with Crippen LogP contribution in [0.1, 0.15) is 28.5 Å². The van der Waals surface area contributed by atoms with Crippen LogP contribution in [-0.4, -0.2) is 33.4 Å². The molecule has 2 aromatic carbocycles. The summed E-state index contributed by atoms with van der Waals surface area (Å²) in [5, 5.41) is 21.1. The number of carbonyl (C=O) groups excluding carboxylic acids is 2. The number of aromatic hydroxyl groups is 1. The number of ether oxygens (including phenoxy) is 1. The quantitative estimate of drug-likeness (QED) is 0.383. The molecule has 2 aliphatic heterocycles. The number of benzene rings is 2. The average molecular weight is 417 g/mol. The smallest absolute Gasteiger partial charge is 0.296 e. The van der Waals surface area contributed by atoms with E-state index in [1.807, 2.05) is 0 Å². The van der Waals surface area contributed by atoms with Gasteiger partial charge in [0.25, 0.3) is 11.7 Å². The zero-order valence-electron chi connectivity index (χ0n) is 16.4. The molecule has 0 saturated carbocycles. The van der Waals surface area contributed by atoms with E-state index in [1.54, 1.807) is 42.5 Å². The third kappa shape index (κ3) is 3.24. The Hall–Kier alpha value is -4.00. The van der Waals surface area contributed by atoms with Crippen molar-refractivity contribution in [1.82, 2.24) is 4.90 Å². The van der Waals surface area contributed by atoms with Gasteiger partial charge in [0, 0.05) is 12.0 Å². The SMILES string of the molecule is O=C1C(=O)N(Cc2ccco2)C(c2cccc(O)c2)/C1=C(/O)c1ccc2c(c1)CCO2. The number of rotatable bonds is 4. The number of nitrogens with zero attached hydrogens (tertiary/aromatic N) is 1. The van der Waals surface area contributed by atoms with E-state index in [1.165, 1.54) is 23.3 Å². The van der Waals surface area contributed by atoms with Crippen LogP contribution in [0.2, 0.25) is 0 Å². The van der Waals surface area contributed by atoms with Crippen molar-refractivity contribution in [1.29, 1.82) is 0 Å².